The number of nitrogens with zero attached hydrogens (tertiary/aromatic N) is 6. The van der Waals surface area contributed by atoms with Crippen molar-refractivity contribution in [1.29, 1.82) is 5.26 Å². The summed E-state index contributed by atoms with van der Waals surface area (Å²) in [7, 11) is 0. The fourth-order valence-electron chi connectivity index (χ4n) is 5.46. The van der Waals surface area contributed by atoms with Crippen molar-refractivity contribution in [2.24, 2.45) is 5.92 Å². The molecule has 0 saturated carbocycles. The van der Waals surface area contributed by atoms with Crippen molar-refractivity contribution in [3.05, 3.63) is 83.1 Å². The minimum absolute atomic E-state index is 0.00302. The third kappa shape index (κ3) is 5.73. The highest BCUT2D eigenvalue weighted by Gasteiger charge is 2.35. The van der Waals surface area contributed by atoms with E-state index in [9.17, 15) is 14.9 Å². The Kier molecular flexibility index (Phi) is 7.43. The van der Waals surface area contributed by atoms with Gasteiger partial charge in [-0.15, -0.1) is 0 Å². The van der Waals surface area contributed by atoms with Crippen LogP contribution in [-0.2, 0) is 16.1 Å². The molecule has 4 aromatic rings. The van der Waals surface area contributed by atoms with E-state index >= 15 is 0 Å². The summed E-state index contributed by atoms with van der Waals surface area (Å²) in [5.41, 5.74) is 6.90. The molecule has 220 valence electrons. The van der Waals surface area contributed by atoms with Crippen LogP contribution in [0.15, 0.2) is 77.4 Å². The van der Waals surface area contributed by atoms with Gasteiger partial charge in [0, 0.05) is 31.1 Å². The van der Waals surface area contributed by atoms with Gasteiger partial charge in [0.15, 0.2) is 11.5 Å². The number of nitriles is 1. The van der Waals surface area contributed by atoms with Gasteiger partial charge in [0.05, 0.1) is 24.9 Å². The van der Waals surface area contributed by atoms with Crippen molar-refractivity contribution in [3.63, 3.8) is 0 Å². The molecule has 2 aromatic carbocycles. The third-order valence-electron chi connectivity index (χ3n) is 7.56. The summed E-state index contributed by atoms with van der Waals surface area (Å²) in [5, 5.41) is 13.1. The molecule has 12 nitrogen and oxygen atoms in total. The molecule has 2 aromatic heterocycles. The number of hydrogen-bond donors (Lipinski definition) is 2. The molecular formula is C31H32N8O4. The van der Waals surface area contributed by atoms with E-state index in [2.05, 4.69) is 21.4 Å². The number of rotatable bonds is 9. The number of benzene rings is 2. The average Bonchev–Trinajstić information content (AvgIpc) is 3.24. The molecule has 2 aliphatic heterocycles. The average molecular weight is 581 g/mol. The van der Waals surface area contributed by atoms with E-state index in [1.165, 1.54) is 10.9 Å². The van der Waals surface area contributed by atoms with Gasteiger partial charge in [-0.05, 0) is 56.3 Å². The zero-order valence-corrected chi connectivity index (χ0v) is 23.9. The molecule has 12 heteroatoms. The van der Waals surface area contributed by atoms with E-state index < -0.39 is 5.54 Å². The van der Waals surface area contributed by atoms with Crippen LogP contribution in [0.1, 0.15) is 13.8 Å². The fraction of sp³-hybridized carbons (Fsp3) is 0.323. The van der Waals surface area contributed by atoms with E-state index in [1.54, 1.807) is 39.8 Å². The number of carbonyl (C=O) groups excluding carboxylic acids is 1. The number of nitrogen functional groups attached to an aromatic ring is 1. The maximum atomic E-state index is 13.8. The first-order valence-electron chi connectivity index (χ1n) is 14.0. The predicted octanol–water partition coefficient (Wildman–Crippen LogP) is 2.63. The second-order valence-electron chi connectivity index (χ2n) is 11.4. The summed E-state index contributed by atoms with van der Waals surface area (Å²) < 4.78 is 14.2. The predicted molar refractivity (Wildman–Crippen MR) is 160 cm³/mol. The largest absolute Gasteiger partial charge is 0.457 e. The van der Waals surface area contributed by atoms with E-state index in [0.717, 1.165) is 0 Å². The minimum Gasteiger partial charge on any atom is -0.457 e. The molecule has 3 N–H and O–H groups in total. The van der Waals surface area contributed by atoms with Crippen molar-refractivity contribution in [2.45, 2.75) is 32.0 Å². The van der Waals surface area contributed by atoms with Gasteiger partial charge in [-0.3, -0.25) is 13.9 Å². The summed E-state index contributed by atoms with van der Waals surface area (Å²) in [6, 6.07) is 18.8. The minimum atomic E-state index is -0.542. The third-order valence-corrected chi connectivity index (χ3v) is 7.56. The Labute approximate surface area is 248 Å². The van der Waals surface area contributed by atoms with Crippen LogP contribution in [0.4, 0.5) is 5.82 Å². The van der Waals surface area contributed by atoms with Crippen LogP contribution < -0.4 is 21.5 Å². The van der Waals surface area contributed by atoms with Crippen molar-refractivity contribution < 1.29 is 14.3 Å². The lowest BCUT2D eigenvalue weighted by molar-refractivity contribution is -0.133. The number of likely N-dealkylation sites (tertiary alicyclic amines) is 1. The first-order chi connectivity index (χ1) is 20.7. The second kappa shape index (κ2) is 11.4. The highest BCUT2D eigenvalue weighted by Crippen LogP contribution is 2.27. The Morgan fingerprint density at radius 3 is 2.49 bits per heavy atom. The maximum Gasteiger partial charge on any atom is 0.335 e. The van der Waals surface area contributed by atoms with Gasteiger partial charge in [0.2, 0.25) is 0 Å². The number of nitrogens with one attached hydrogen (secondary N) is 1. The van der Waals surface area contributed by atoms with E-state index in [1.807, 2.05) is 44.2 Å². The normalized spacial score (nSPS) is 16.0. The summed E-state index contributed by atoms with van der Waals surface area (Å²) >= 11 is 0. The number of ether oxygens (including phenoxy) is 2. The molecule has 0 spiro atoms. The lowest BCUT2D eigenvalue weighted by Gasteiger charge is -2.39. The molecule has 0 aliphatic carbocycles. The molecule has 6 rings (SSSR count). The number of imidazole rings is 1. The quantitative estimate of drug-likeness (QED) is 0.225. The van der Waals surface area contributed by atoms with Crippen molar-refractivity contribution >= 4 is 22.9 Å². The van der Waals surface area contributed by atoms with Crippen LogP contribution in [0, 0.1) is 17.2 Å². The molecule has 43 heavy (non-hydrogen) atoms. The Balaban J connectivity index is 1.19. The van der Waals surface area contributed by atoms with Gasteiger partial charge < -0.3 is 25.4 Å². The molecule has 0 radical (unpaired) electrons. The van der Waals surface area contributed by atoms with Crippen LogP contribution >= 0.6 is 0 Å². The Morgan fingerprint density at radius 2 is 1.84 bits per heavy atom. The van der Waals surface area contributed by atoms with E-state index in [-0.39, 0.29) is 34.9 Å². The number of nitrogens with two attached hydrogens (primary N) is 1. The molecule has 2 aliphatic rings. The van der Waals surface area contributed by atoms with E-state index in [0.29, 0.717) is 61.2 Å². The van der Waals surface area contributed by atoms with E-state index in [4.69, 9.17) is 15.2 Å². The van der Waals surface area contributed by atoms with Gasteiger partial charge in [-0.25, -0.2) is 14.8 Å². The number of para-hydroxylation sites is 1. The van der Waals surface area contributed by atoms with Gasteiger partial charge >= 0.3 is 5.69 Å². The van der Waals surface area contributed by atoms with Crippen molar-refractivity contribution in [1.82, 2.24) is 29.3 Å². The molecule has 2 fully saturated rings. The van der Waals surface area contributed by atoms with Gasteiger partial charge in [-0.2, -0.15) is 5.26 Å². The molecule has 1 amide bonds. The Hall–Kier alpha value is -4.99. The summed E-state index contributed by atoms with van der Waals surface area (Å²) in [6.07, 6.45) is 3.01. The van der Waals surface area contributed by atoms with Gasteiger partial charge in [0.1, 0.15) is 35.0 Å². The molecule has 0 atom stereocenters. The highest BCUT2D eigenvalue weighted by molar-refractivity contribution is 5.98. The van der Waals surface area contributed by atoms with Crippen LogP contribution in [-0.4, -0.2) is 67.8 Å². The zero-order valence-electron chi connectivity index (χ0n) is 23.9. The lowest BCUT2D eigenvalue weighted by Crippen LogP contribution is -2.55. The first-order valence-corrected chi connectivity index (χ1v) is 14.0. The Bertz CT molecular complexity index is 1780. The van der Waals surface area contributed by atoms with Crippen LogP contribution in [0.5, 0.6) is 11.5 Å². The van der Waals surface area contributed by atoms with Crippen LogP contribution in [0.3, 0.4) is 0 Å². The van der Waals surface area contributed by atoms with Crippen LogP contribution in [0.25, 0.3) is 16.9 Å². The SMILES string of the molecule is CC(C)(/C=C(/C#N)C(=O)N1CC(Cn2c(=O)n(-c3ccc(Oc4ccccc4)cc3)c3c(N)ncnc32)C1)NC1COC1. The molecule has 0 bridgehead atoms. The number of fused-ring (bicyclic) bond motifs is 1. The number of aromatic nitrogens is 4. The fourth-order valence-corrected chi connectivity index (χ4v) is 5.46. The number of hydrogen-bond acceptors (Lipinski definition) is 9. The lowest BCUT2D eigenvalue weighted by atomic mass is 9.96. The molecule has 4 heterocycles. The smallest absolute Gasteiger partial charge is 0.335 e. The number of anilines is 1. The highest BCUT2D eigenvalue weighted by atomic mass is 16.5. The van der Waals surface area contributed by atoms with Gasteiger partial charge in [0.25, 0.3) is 5.91 Å². The molecular weight excluding hydrogens is 548 g/mol. The van der Waals surface area contributed by atoms with Gasteiger partial charge in [-0.1, -0.05) is 18.2 Å². The van der Waals surface area contributed by atoms with Crippen molar-refractivity contribution in [3.8, 4) is 23.3 Å². The zero-order chi connectivity index (χ0) is 30.1. The second-order valence-corrected chi connectivity index (χ2v) is 11.4. The Morgan fingerprint density at radius 1 is 1.14 bits per heavy atom. The van der Waals surface area contributed by atoms with Crippen molar-refractivity contribution in [2.75, 3.05) is 32.0 Å². The molecule has 2 saturated heterocycles. The monoisotopic (exact) mass is 580 g/mol. The number of amides is 1. The molecule has 0 unspecified atom stereocenters. The summed E-state index contributed by atoms with van der Waals surface area (Å²) in [6.45, 7) is 6.23. The van der Waals surface area contributed by atoms with Crippen LogP contribution in [0.2, 0.25) is 0 Å². The number of carbonyl (C=O) groups is 1. The topological polar surface area (TPSA) is 153 Å². The summed E-state index contributed by atoms with van der Waals surface area (Å²) in [4.78, 5) is 37.0. The standard InChI is InChI=1S/C31H32N8O4/c1-31(2,36-22-17-42-18-22)12-21(13-32)29(40)37-14-20(15-37)16-38-28-26(27(33)34-19-35-28)39(30(38)41)23-8-10-25(11-9-23)43-24-6-4-3-5-7-24/h3-12,19-20,22,36H,14-18H2,1-2H3,(H2,33,34,35)/b21-12-. The first kappa shape index (κ1) is 28.1. The summed E-state index contributed by atoms with van der Waals surface area (Å²) in [5.74, 6) is 1.19. The maximum absolute atomic E-state index is 13.8.